The predicted molar refractivity (Wildman–Crippen MR) is 85.8 cm³/mol. The molecule has 3 heteroatoms. The zero-order valence-corrected chi connectivity index (χ0v) is 11.4. The number of pyridine rings is 1. The Morgan fingerprint density at radius 3 is 2.62 bits per heavy atom. The summed E-state index contributed by atoms with van der Waals surface area (Å²) in [6.07, 6.45) is 5.03. The Bertz CT molecular complexity index is 789. The van der Waals surface area contributed by atoms with E-state index in [1.54, 1.807) is 12.3 Å². The van der Waals surface area contributed by atoms with Crippen LogP contribution in [0.3, 0.4) is 0 Å². The molecular weight excluding hydrogens is 260 g/mol. The number of rotatable bonds is 3. The first-order valence-electron chi connectivity index (χ1n) is 6.71. The quantitative estimate of drug-likeness (QED) is 0.736. The molecule has 21 heavy (non-hydrogen) atoms. The molecule has 3 aromatic rings. The van der Waals surface area contributed by atoms with E-state index in [4.69, 9.17) is 0 Å². The maximum atomic E-state index is 12.0. The molecule has 2 aromatic carbocycles. The van der Waals surface area contributed by atoms with Crippen molar-refractivity contribution in [3.8, 4) is 0 Å². The van der Waals surface area contributed by atoms with E-state index in [-0.39, 0.29) is 5.91 Å². The van der Waals surface area contributed by atoms with Crippen LogP contribution in [-0.4, -0.2) is 10.9 Å². The lowest BCUT2D eigenvalue weighted by Crippen LogP contribution is -2.08. The molecule has 0 saturated heterocycles. The summed E-state index contributed by atoms with van der Waals surface area (Å²) in [6.45, 7) is 0. The monoisotopic (exact) mass is 274 g/mol. The number of fused-ring (bicyclic) bond motifs is 1. The van der Waals surface area contributed by atoms with Gasteiger partial charge in [0, 0.05) is 17.7 Å². The van der Waals surface area contributed by atoms with Crippen LogP contribution < -0.4 is 5.32 Å². The molecule has 1 heterocycles. The molecule has 3 nitrogen and oxygen atoms in total. The van der Waals surface area contributed by atoms with Crippen molar-refractivity contribution in [1.29, 1.82) is 0 Å². The van der Waals surface area contributed by atoms with Crippen molar-refractivity contribution >= 4 is 28.6 Å². The second-order valence-corrected chi connectivity index (χ2v) is 4.61. The number of aromatic nitrogens is 1. The Kier molecular flexibility index (Phi) is 3.74. The number of nitrogens with zero attached hydrogens (tertiary/aromatic N) is 1. The molecule has 0 bridgehead atoms. The van der Waals surface area contributed by atoms with Crippen LogP contribution in [-0.2, 0) is 4.79 Å². The summed E-state index contributed by atoms with van der Waals surface area (Å²) in [5, 5.41) is 3.87. The van der Waals surface area contributed by atoms with E-state index < -0.39 is 0 Å². The Balaban J connectivity index is 1.79. The van der Waals surface area contributed by atoms with Gasteiger partial charge in [0.2, 0.25) is 5.91 Å². The number of carbonyl (C=O) groups excluding carboxylic acids is 1. The number of para-hydroxylation sites is 1. The van der Waals surface area contributed by atoms with Crippen LogP contribution in [0.1, 0.15) is 5.56 Å². The van der Waals surface area contributed by atoms with Gasteiger partial charge in [-0.15, -0.1) is 0 Å². The van der Waals surface area contributed by atoms with Crippen molar-refractivity contribution in [3.63, 3.8) is 0 Å². The fourth-order valence-corrected chi connectivity index (χ4v) is 2.12. The van der Waals surface area contributed by atoms with Gasteiger partial charge < -0.3 is 5.32 Å². The van der Waals surface area contributed by atoms with E-state index in [0.717, 1.165) is 22.2 Å². The number of anilines is 1. The third-order valence-corrected chi connectivity index (χ3v) is 3.12. The smallest absolute Gasteiger partial charge is 0.248 e. The number of amides is 1. The lowest BCUT2D eigenvalue weighted by molar-refractivity contribution is -0.111. The average molecular weight is 274 g/mol. The van der Waals surface area contributed by atoms with Crippen LogP contribution >= 0.6 is 0 Å². The largest absolute Gasteiger partial charge is 0.321 e. The summed E-state index contributed by atoms with van der Waals surface area (Å²) in [5.74, 6) is -0.169. The van der Waals surface area contributed by atoms with Crippen LogP contribution in [0.4, 0.5) is 5.69 Å². The maximum absolute atomic E-state index is 12.0. The molecule has 0 aliphatic rings. The minimum Gasteiger partial charge on any atom is -0.321 e. The van der Waals surface area contributed by atoms with Crippen LogP contribution in [0, 0.1) is 0 Å². The van der Waals surface area contributed by atoms with Crippen molar-refractivity contribution in [2.45, 2.75) is 0 Å². The molecule has 0 spiro atoms. The van der Waals surface area contributed by atoms with E-state index in [0.29, 0.717) is 0 Å². The Morgan fingerprint density at radius 2 is 1.76 bits per heavy atom. The van der Waals surface area contributed by atoms with Gasteiger partial charge >= 0.3 is 0 Å². The second-order valence-electron chi connectivity index (χ2n) is 4.61. The Labute approximate surface area is 123 Å². The van der Waals surface area contributed by atoms with Gasteiger partial charge in [0.15, 0.2) is 0 Å². The SMILES string of the molecule is O=C(/C=C\c1ccccc1)Nc1cccc2cccnc12. The van der Waals surface area contributed by atoms with Gasteiger partial charge in [-0.2, -0.15) is 0 Å². The highest BCUT2D eigenvalue weighted by atomic mass is 16.1. The molecule has 1 N–H and O–H groups in total. The van der Waals surface area contributed by atoms with Gasteiger partial charge in [0.1, 0.15) is 0 Å². The van der Waals surface area contributed by atoms with Crippen molar-refractivity contribution in [3.05, 3.63) is 78.5 Å². The summed E-state index contributed by atoms with van der Waals surface area (Å²) in [6, 6.07) is 19.3. The number of nitrogens with one attached hydrogen (secondary N) is 1. The number of carbonyl (C=O) groups is 1. The molecular formula is C18H14N2O. The minimum absolute atomic E-state index is 0.169. The summed E-state index contributed by atoms with van der Waals surface area (Å²) in [4.78, 5) is 16.3. The molecule has 0 aliphatic heterocycles. The topological polar surface area (TPSA) is 42.0 Å². The highest BCUT2D eigenvalue weighted by Crippen LogP contribution is 2.20. The van der Waals surface area contributed by atoms with Gasteiger partial charge in [0.05, 0.1) is 11.2 Å². The van der Waals surface area contributed by atoms with Crippen molar-refractivity contribution in [2.24, 2.45) is 0 Å². The fraction of sp³-hybridized carbons (Fsp3) is 0. The van der Waals surface area contributed by atoms with E-state index in [2.05, 4.69) is 10.3 Å². The summed E-state index contributed by atoms with van der Waals surface area (Å²) in [7, 11) is 0. The zero-order valence-electron chi connectivity index (χ0n) is 11.4. The standard InChI is InChI=1S/C18H14N2O/c21-17(12-11-14-6-2-1-3-7-14)20-16-10-4-8-15-9-5-13-19-18(15)16/h1-13H,(H,20,21)/b12-11-. The van der Waals surface area contributed by atoms with Gasteiger partial charge in [-0.3, -0.25) is 9.78 Å². The first-order chi connectivity index (χ1) is 10.3. The summed E-state index contributed by atoms with van der Waals surface area (Å²) >= 11 is 0. The fourth-order valence-electron chi connectivity index (χ4n) is 2.12. The van der Waals surface area contributed by atoms with Gasteiger partial charge in [-0.1, -0.05) is 48.5 Å². The molecule has 0 fully saturated rings. The van der Waals surface area contributed by atoms with Crippen LogP contribution in [0.15, 0.2) is 72.9 Å². The molecule has 0 aliphatic carbocycles. The average Bonchev–Trinajstić information content (AvgIpc) is 2.54. The summed E-state index contributed by atoms with van der Waals surface area (Å²) in [5.41, 5.74) is 2.50. The molecule has 0 radical (unpaired) electrons. The lowest BCUT2D eigenvalue weighted by Gasteiger charge is -2.05. The number of benzene rings is 2. The third kappa shape index (κ3) is 3.15. The molecule has 102 valence electrons. The first-order valence-corrected chi connectivity index (χ1v) is 6.71. The van der Waals surface area contributed by atoms with Gasteiger partial charge in [0.25, 0.3) is 0 Å². The van der Waals surface area contributed by atoms with Gasteiger partial charge in [-0.25, -0.2) is 0 Å². The van der Waals surface area contributed by atoms with Crippen molar-refractivity contribution in [2.75, 3.05) is 5.32 Å². The molecule has 3 rings (SSSR count). The van der Waals surface area contributed by atoms with Crippen molar-refractivity contribution < 1.29 is 4.79 Å². The third-order valence-electron chi connectivity index (χ3n) is 3.12. The molecule has 0 unspecified atom stereocenters. The number of hydrogen-bond donors (Lipinski definition) is 1. The van der Waals surface area contributed by atoms with E-state index in [9.17, 15) is 4.79 Å². The highest BCUT2D eigenvalue weighted by Gasteiger charge is 2.03. The van der Waals surface area contributed by atoms with E-state index >= 15 is 0 Å². The molecule has 0 saturated carbocycles. The maximum Gasteiger partial charge on any atom is 0.248 e. The zero-order chi connectivity index (χ0) is 14.5. The molecule has 1 amide bonds. The lowest BCUT2D eigenvalue weighted by atomic mass is 10.2. The highest BCUT2D eigenvalue weighted by molar-refractivity contribution is 6.06. The van der Waals surface area contributed by atoms with Crippen LogP contribution in [0.25, 0.3) is 17.0 Å². The van der Waals surface area contributed by atoms with Crippen molar-refractivity contribution in [1.82, 2.24) is 4.98 Å². The first kappa shape index (κ1) is 13.1. The van der Waals surface area contributed by atoms with Crippen LogP contribution in [0.2, 0.25) is 0 Å². The summed E-state index contributed by atoms with van der Waals surface area (Å²) < 4.78 is 0. The normalized spacial score (nSPS) is 10.9. The Hall–Kier alpha value is -2.94. The minimum atomic E-state index is -0.169. The number of hydrogen-bond acceptors (Lipinski definition) is 2. The van der Waals surface area contributed by atoms with Crippen LogP contribution in [0.5, 0.6) is 0 Å². The van der Waals surface area contributed by atoms with E-state index in [1.807, 2.05) is 60.7 Å². The van der Waals surface area contributed by atoms with E-state index in [1.165, 1.54) is 6.08 Å². The second kappa shape index (κ2) is 6.01. The predicted octanol–water partition coefficient (Wildman–Crippen LogP) is 3.89. The molecule has 0 atom stereocenters. The Morgan fingerprint density at radius 1 is 0.952 bits per heavy atom. The van der Waals surface area contributed by atoms with Gasteiger partial charge in [-0.05, 0) is 23.8 Å². The molecule has 1 aromatic heterocycles.